The quantitative estimate of drug-likeness (QED) is 0.634. The average Bonchev–Trinajstić information content (AvgIpc) is 3.45. The van der Waals surface area contributed by atoms with Crippen LogP contribution in [0.15, 0.2) is 48.8 Å². The van der Waals surface area contributed by atoms with E-state index in [9.17, 15) is 14.0 Å². The summed E-state index contributed by atoms with van der Waals surface area (Å²) in [4.78, 5) is 36.3. The number of pyridine rings is 2. The van der Waals surface area contributed by atoms with E-state index in [2.05, 4.69) is 15.3 Å². The van der Waals surface area contributed by atoms with Crippen LogP contribution in [0.25, 0.3) is 11.1 Å². The summed E-state index contributed by atoms with van der Waals surface area (Å²) in [6.07, 6.45) is 5.82. The van der Waals surface area contributed by atoms with Gasteiger partial charge in [0.25, 0.3) is 0 Å². The van der Waals surface area contributed by atoms with Gasteiger partial charge < -0.3 is 19.9 Å². The van der Waals surface area contributed by atoms with Gasteiger partial charge in [-0.2, -0.15) is 0 Å². The summed E-state index contributed by atoms with van der Waals surface area (Å²) < 4.78 is 20.4. The van der Waals surface area contributed by atoms with Gasteiger partial charge in [0.15, 0.2) is 0 Å². The first-order valence-electron chi connectivity index (χ1n) is 11.3. The topological polar surface area (TPSA) is 87.7 Å². The van der Waals surface area contributed by atoms with Crippen molar-refractivity contribution in [3.63, 3.8) is 0 Å². The van der Waals surface area contributed by atoms with Crippen molar-refractivity contribution < 1.29 is 18.7 Å². The molecule has 0 spiro atoms. The van der Waals surface area contributed by atoms with E-state index in [-0.39, 0.29) is 17.9 Å². The van der Waals surface area contributed by atoms with Gasteiger partial charge in [0.1, 0.15) is 23.9 Å². The zero-order valence-electron chi connectivity index (χ0n) is 18.3. The van der Waals surface area contributed by atoms with Gasteiger partial charge in [-0.1, -0.05) is 6.07 Å². The van der Waals surface area contributed by atoms with Gasteiger partial charge in [-0.15, -0.1) is 0 Å². The second kappa shape index (κ2) is 8.09. The van der Waals surface area contributed by atoms with E-state index in [1.807, 2.05) is 12.1 Å². The largest absolute Gasteiger partial charge is 0.474 e. The number of carbonyl (C=O) groups is 2. The third-order valence-electron chi connectivity index (χ3n) is 6.51. The zero-order chi connectivity index (χ0) is 23.2. The van der Waals surface area contributed by atoms with Gasteiger partial charge in [-0.25, -0.2) is 14.4 Å². The number of rotatable bonds is 4. The summed E-state index contributed by atoms with van der Waals surface area (Å²) in [6, 6.07) is 10.4. The third-order valence-corrected chi connectivity index (χ3v) is 6.51. The molecule has 9 heteroatoms. The van der Waals surface area contributed by atoms with Gasteiger partial charge in [0.2, 0.25) is 17.7 Å². The van der Waals surface area contributed by atoms with Crippen LogP contribution in [0.2, 0.25) is 0 Å². The maximum atomic E-state index is 14.7. The Bertz CT molecular complexity index is 1300. The van der Waals surface area contributed by atoms with Crippen molar-refractivity contribution in [2.75, 3.05) is 28.3 Å². The first-order chi connectivity index (χ1) is 16.6. The molecule has 3 aliphatic rings. The normalized spacial score (nSPS) is 19.1. The molecular weight excluding hydrogens is 437 g/mol. The summed E-state index contributed by atoms with van der Waals surface area (Å²) in [5.41, 5.74) is 3.12. The number of nitrogens with zero attached hydrogens (tertiary/aromatic N) is 4. The third kappa shape index (κ3) is 3.53. The fourth-order valence-electron chi connectivity index (χ4n) is 4.79. The average molecular weight is 459 g/mol. The minimum atomic E-state index is -0.424. The lowest BCUT2D eigenvalue weighted by molar-refractivity contribution is -0.118. The summed E-state index contributed by atoms with van der Waals surface area (Å²) >= 11 is 0. The Hall–Kier alpha value is -4.01. The van der Waals surface area contributed by atoms with E-state index in [0.29, 0.717) is 60.3 Å². The number of halogens is 1. The van der Waals surface area contributed by atoms with Crippen LogP contribution in [0.4, 0.5) is 27.3 Å². The molecule has 1 aromatic carbocycles. The standard InChI is InChI=1S/C25H22FN5O3/c26-19-10-15(3-6-20(19)30-9-1-2-23(30)32)16-4-7-22(27-12-16)29-17-11-21-25(28-13-17)34-14-18-5-8-24(33)31(18)21/h3-4,6-7,10-13,18H,1-2,5,8-9,14H2,(H,27,29)/t18-/m1/s1. The van der Waals surface area contributed by atoms with Crippen molar-refractivity contribution in [3.05, 3.63) is 54.6 Å². The van der Waals surface area contributed by atoms with Crippen LogP contribution in [0.1, 0.15) is 25.7 Å². The number of nitrogens with one attached hydrogen (secondary N) is 1. The molecule has 0 bridgehead atoms. The summed E-state index contributed by atoms with van der Waals surface area (Å²) in [7, 11) is 0. The van der Waals surface area contributed by atoms with Crippen LogP contribution in [0.5, 0.6) is 5.88 Å². The number of hydrogen-bond acceptors (Lipinski definition) is 6. The van der Waals surface area contributed by atoms with Gasteiger partial charge in [-0.05, 0) is 48.7 Å². The van der Waals surface area contributed by atoms with Crippen molar-refractivity contribution in [1.82, 2.24) is 9.97 Å². The smallest absolute Gasteiger partial charge is 0.238 e. The van der Waals surface area contributed by atoms with Gasteiger partial charge in [-0.3, -0.25) is 9.59 Å². The second-order valence-corrected chi connectivity index (χ2v) is 8.69. The van der Waals surface area contributed by atoms with Crippen LogP contribution >= 0.6 is 0 Å². The highest BCUT2D eigenvalue weighted by atomic mass is 19.1. The van der Waals surface area contributed by atoms with E-state index < -0.39 is 5.82 Å². The maximum Gasteiger partial charge on any atom is 0.238 e. The highest BCUT2D eigenvalue weighted by Crippen LogP contribution is 2.39. The van der Waals surface area contributed by atoms with Crippen LogP contribution in [-0.4, -0.2) is 41.0 Å². The van der Waals surface area contributed by atoms with Crippen LogP contribution in [0.3, 0.4) is 0 Å². The van der Waals surface area contributed by atoms with Crippen molar-refractivity contribution in [2.45, 2.75) is 31.7 Å². The molecule has 3 aliphatic heterocycles. The molecule has 0 radical (unpaired) electrons. The highest BCUT2D eigenvalue weighted by Gasteiger charge is 2.38. The number of ether oxygens (including phenoxy) is 1. The Labute approximate surface area is 195 Å². The lowest BCUT2D eigenvalue weighted by Gasteiger charge is -2.31. The van der Waals surface area contributed by atoms with E-state index in [1.54, 1.807) is 35.5 Å². The minimum Gasteiger partial charge on any atom is -0.474 e. The molecule has 172 valence electrons. The van der Waals surface area contributed by atoms with Gasteiger partial charge in [0, 0.05) is 31.1 Å². The van der Waals surface area contributed by atoms with E-state index in [0.717, 1.165) is 18.4 Å². The van der Waals surface area contributed by atoms with Crippen molar-refractivity contribution in [3.8, 4) is 17.0 Å². The number of benzene rings is 1. The molecule has 2 fully saturated rings. The molecule has 34 heavy (non-hydrogen) atoms. The fraction of sp³-hybridized carbons (Fsp3) is 0.280. The number of carbonyl (C=O) groups excluding carboxylic acids is 2. The molecule has 2 aromatic heterocycles. The lowest BCUT2D eigenvalue weighted by Crippen LogP contribution is -2.40. The molecule has 8 nitrogen and oxygen atoms in total. The maximum absolute atomic E-state index is 14.7. The van der Waals surface area contributed by atoms with Crippen LogP contribution in [0, 0.1) is 5.82 Å². The second-order valence-electron chi connectivity index (χ2n) is 8.69. The van der Waals surface area contributed by atoms with Crippen molar-refractivity contribution >= 4 is 34.7 Å². The molecule has 0 unspecified atom stereocenters. The molecule has 2 saturated heterocycles. The number of aromatic nitrogens is 2. The molecule has 5 heterocycles. The predicted octanol–water partition coefficient (Wildman–Crippen LogP) is 4.04. The highest BCUT2D eigenvalue weighted by molar-refractivity contribution is 5.98. The lowest BCUT2D eigenvalue weighted by atomic mass is 10.1. The summed E-state index contributed by atoms with van der Waals surface area (Å²) in [5, 5.41) is 3.20. The summed E-state index contributed by atoms with van der Waals surface area (Å²) in [5.74, 6) is 0.666. The van der Waals surface area contributed by atoms with Gasteiger partial charge in [0.05, 0.1) is 23.6 Å². The molecule has 6 rings (SSSR count). The van der Waals surface area contributed by atoms with Crippen molar-refractivity contribution in [1.29, 1.82) is 0 Å². The minimum absolute atomic E-state index is 0.0448. The molecular formula is C25H22FN5O3. The number of fused-ring (bicyclic) bond motifs is 3. The molecule has 0 saturated carbocycles. The van der Waals surface area contributed by atoms with Crippen LogP contribution in [-0.2, 0) is 9.59 Å². The SMILES string of the molecule is O=C1CCCN1c1ccc(-c2ccc(Nc3cnc4c(c3)N3C(=O)CC[C@@H]3CO4)nc2)cc1F. The van der Waals surface area contributed by atoms with E-state index >= 15 is 0 Å². The molecule has 0 aliphatic carbocycles. The van der Waals surface area contributed by atoms with E-state index in [4.69, 9.17) is 4.74 Å². The Morgan fingerprint density at radius 1 is 0.971 bits per heavy atom. The molecule has 3 aromatic rings. The number of amides is 2. The monoisotopic (exact) mass is 459 g/mol. The molecule has 1 atom stereocenters. The molecule has 1 N–H and O–H groups in total. The molecule has 2 amide bonds. The van der Waals surface area contributed by atoms with Crippen LogP contribution < -0.4 is 19.9 Å². The first-order valence-corrected chi connectivity index (χ1v) is 11.3. The number of hydrogen-bond donors (Lipinski definition) is 1. The first kappa shape index (κ1) is 20.6. The zero-order valence-corrected chi connectivity index (χ0v) is 18.3. The number of anilines is 4. The Balaban J connectivity index is 1.20. The van der Waals surface area contributed by atoms with E-state index in [1.165, 1.54) is 11.0 Å². The van der Waals surface area contributed by atoms with Crippen molar-refractivity contribution in [2.24, 2.45) is 0 Å². The Morgan fingerprint density at radius 2 is 1.85 bits per heavy atom. The predicted molar refractivity (Wildman–Crippen MR) is 125 cm³/mol. The summed E-state index contributed by atoms with van der Waals surface area (Å²) in [6.45, 7) is 1.02. The Kier molecular flexibility index (Phi) is 4.90. The Morgan fingerprint density at radius 3 is 2.62 bits per heavy atom. The van der Waals surface area contributed by atoms with Gasteiger partial charge >= 0.3 is 0 Å². The fourth-order valence-corrected chi connectivity index (χ4v) is 4.79.